The number of rotatable bonds is 5. The Morgan fingerprint density at radius 2 is 1.92 bits per heavy atom. The molecule has 1 saturated heterocycles. The lowest BCUT2D eigenvalue weighted by molar-refractivity contribution is -0.131. The smallest absolute Gasteiger partial charge is 0.223 e. The van der Waals surface area contributed by atoms with E-state index in [0.29, 0.717) is 12.8 Å². The number of aryl methyl sites for hydroxylation is 1. The topological polar surface area (TPSA) is 36.7 Å². The third-order valence-electron chi connectivity index (χ3n) is 4.43. The number of benzene rings is 1. The number of carbonyl (C=O) groups is 1. The van der Waals surface area contributed by atoms with Gasteiger partial charge in [0, 0.05) is 50.6 Å². The number of halogens is 1. The highest BCUT2D eigenvalue weighted by molar-refractivity contribution is 6.30. The van der Waals surface area contributed by atoms with Crippen LogP contribution in [-0.4, -0.2) is 41.9 Å². The van der Waals surface area contributed by atoms with Gasteiger partial charge in [0.2, 0.25) is 5.91 Å². The Hall–Kier alpha value is -1.78. The van der Waals surface area contributed by atoms with E-state index in [2.05, 4.69) is 17.0 Å². The maximum Gasteiger partial charge on any atom is 0.223 e. The van der Waals surface area contributed by atoms with Crippen LogP contribution in [0.5, 0.6) is 0 Å². The molecule has 128 valence electrons. The molecule has 2 aromatic rings. The SMILES string of the molecule is O=C(CCc1ccco1)N1CCCN(Cc2ccc(Cl)cc2)CC1. The molecule has 4 nitrogen and oxygen atoms in total. The van der Waals surface area contributed by atoms with E-state index in [1.807, 2.05) is 29.2 Å². The summed E-state index contributed by atoms with van der Waals surface area (Å²) >= 11 is 5.94. The maximum atomic E-state index is 12.4. The molecule has 0 atom stereocenters. The molecule has 1 aromatic heterocycles. The van der Waals surface area contributed by atoms with Crippen LogP contribution in [0.1, 0.15) is 24.2 Å². The van der Waals surface area contributed by atoms with Gasteiger partial charge in [-0.1, -0.05) is 23.7 Å². The predicted octanol–water partition coefficient (Wildman–Crippen LogP) is 3.60. The lowest BCUT2D eigenvalue weighted by atomic mass is 10.2. The summed E-state index contributed by atoms with van der Waals surface area (Å²) in [5.41, 5.74) is 1.26. The summed E-state index contributed by atoms with van der Waals surface area (Å²) in [6.45, 7) is 4.48. The maximum absolute atomic E-state index is 12.4. The van der Waals surface area contributed by atoms with Gasteiger partial charge in [-0.15, -0.1) is 0 Å². The van der Waals surface area contributed by atoms with Crippen molar-refractivity contribution in [2.75, 3.05) is 26.2 Å². The van der Waals surface area contributed by atoms with Gasteiger partial charge in [-0.05, 0) is 36.2 Å². The molecular formula is C19H23ClN2O2. The van der Waals surface area contributed by atoms with Gasteiger partial charge in [-0.25, -0.2) is 0 Å². The van der Waals surface area contributed by atoms with Crippen molar-refractivity contribution in [2.24, 2.45) is 0 Å². The zero-order valence-corrected chi connectivity index (χ0v) is 14.5. The molecule has 24 heavy (non-hydrogen) atoms. The largest absolute Gasteiger partial charge is 0.469 e. The fourth-order valence-corrected chi connectivity index (χ4v) is 3.20. The first-order valence-corrected chi connectivity index (χ1v) is 8.85. The summed E-state index contributed by atoms with van der Waals surface area (Å²) in [5.74, 6) is 1.10. The molecule has 0 radical (unpaired) electrons. The first kappa shape index (κ1) is 17.1. The van der Waals surface area contributed by atoms with E-state index in [-0.39, 0.29) is 5.91 Å². The Morgan fingerprint density at radius 1 is 1.08 bits per heavy atom. The van der Waals surface area contributed by atoms with Gasteiger partial charge in [-0.3, -0.25) is 9.69 Å². The Morgan fingerprint density at radius 3 is 2.67 bits per heavy atom. The van der Waals surface area contributed by atoms with Crippen LogP contribution >= 0.6 is 11.6 Å². The van der Waals surface area contributed by atoms with Gasteiger partial charge in [0.05, 0.1) is 6.26 Å². The quantitative estimate of drug-likeness (QED) is 0.830. The molecule has 0 unspecified atom stereocenters. The van der Waals surface area contributed by atoms with E-state index >= 15 is 0 Å². The highest BCUT2D eigenvalue weighted by Gasteiger charge is 2.19. The van der Waals surface area contributed by atoms with Crippen molar-refractivity contribution in [3.05, 3.63) is 59.0 Å². The van der Waals surface area contributed by atoms with E-state index in [9.17, 15) is 4.79 Å². The third-order valence-corrected chi connectivity index (χ3v) is 4.68. The van der Waals surface area contributed by atoms with Crippen LogP contribution in [-0.2, 0) is 17.8 Å². The summed E-state index contributed by atoms with van der Waals surface area (Å²) in [6.07, 6.45) is 3.86. The van der Waals surface area contributed by atoms with Crippen molar-refractivity contribution >= 4 is 17.5 Å². The molecule has 1 aliphatic rings. The van der Waals surface area contributed by atoms with Gasteiger partial charge >= 0.3 is 0 Å². The Balaban J connectivity index is 1.47. The monoisotopic (exact) mass is 346 g/mol. The number of hydrogen-bond acceptors (Lipinski definition) is 3. The average molecular weight is 347 g/mol. The van der Waals surface area contributed by atoms with Gasteiger partial charge in [0.25, 0.3) is 0 Å². The van der Waals surface area contributed by atoms with Crippen molar-refractivity contribution in [2.45, 2.75) is 25.8 Å². The Labute approximate surface area is 148 Å². The molecule has 1 aromatic carbocycles. The zero-order chi connectivity index (χ0) is 16.8. The highest BCUT2D eigenvalue weighted by Crippen LogP contribution is 2.14. The van der Waals surface area contributed by atoms with Crippen LogP contribution in [0.3, 0.4) is 0 Å². The normalized spacial score (nSPS) is 16.1. The highest BCUT2D eigenvalue weighted by atomic mass is 35.5. The molecule has 1 amide bonds. The molecule has 2 heterocycles. The van der Waals surface area contributed by atoms with Crippen molar-refractivity contribution in [1.29, 1.82) is 0 Å². The minimum absolute atomic E-state index is 0.222. The van der Waals surface area contributed by atoms with Gasteiger partial charge in [-0.2, -0.15) is 0 Å². The summed E-state index contributed by atoms with van der Waals surface area (Å²) in [7, 11) is 0. The second-order valence-electron chi connectivity index (χ2n) is 6.22. The fraction of sp³-hybridized carbons (Fsp3) is 0.421. The second kappa shape index (κ2) is 8.36. The van der Waals surface area contributed by atoms with Crippen molar-refractivity contribution in [1.82, 2.24) is 9.80 Å². The lowest BCUT2D eigenvalue weighted by Gasteiger charge is -2.22. The molecule has 5 heteroatoms. The van der Waals surface area contributed by atoms with E-state index in [0.717, 1.165) is 49.9 Å². The van der Waals surface area contributed by atoms with Crippen LogP contribution in [0, 0.1) is 0 Å². The van der Waals surface area contributed by atoms with E-state index in [1.54, 1.807) is 6.26 Å². The first-order valence-electron chi connectivity index (χ1n) is 8.48. The molecule has 3 rings (SSSR count). The first-order chi connectivity index (χ1) is 11.7. The van der Waals surface area contributed by atoms with Crippen molar-refractivity contribution < 1.29 is 9.21 Å². The fourth-order valence-electron chi connectivity index (χ4n) is 3.07. The Bertz CT molecular complexity index is 640. The molecular weight excluding hydrogens is 324 g/mol. The minimum atomic E-state index is 0.222. The molecule has 0 aliphatic carbocycles. The summed E-state index contributed by atoms with van der Waals surface area (Å²) in [4.78, 5) is 16.8. The number of carbonyl (C=O) groups excluding carboxylic acids is 1. The molecule has 0 spiro atoms. The van der Waals surface area contributed by atoms with E-state index in [1.165, 1.54) is 5.56 Å². The number of furan rings is 1. The second-order valence-corrected chi connectivity index (χ2v) is 6.65. The number of amides is 1. The summed E-state index contributed by atoms with van der Waals surface area (Å²) in [5, 5.41) is 0.767. The summed E-state index contributed by atoms with van der Waals surface area (Å²) < 4.78 is 5.30. The average Bonchev–Trinajstić information content (AvgIpc) is 3.00. The van der Waals surface area contributed by atoms with Crippen LogP contribution in [0.15, 0.2) is 47.1 Å². The zero-order valence-electron chi connectivity index (χ0n) is 13.8. The van der Waals surface area contributed by atoms with Gasteiger partial charge < -0.3 is 9.32 Å². The third kappa shape index (κ3) is 4.86. The number of nitrogens with zero attached hydrogens (tertiary/aromatic N) is 2. The van der Waals surface area contributed by atoms with E-state index in [4.69, 9.17) is 16.0 Å². The molecule has 1 aliphatic heterocycles. The van der Waals surface area contributed by atoms with Crippen LogP contribution < -0.4 is 0 Å². The van der Waals surface area contributed by atoms with Crippen molar-refractivity contribution in [3.63, 3.8) is 0 Å². The van der Waals surface area contributed by atoms with Crippen LogP contribution in [0.25, 0.3) is 0 Å². The molecule has 0 bridgehead atoms. The van der Waals surface area contributed by atoms with Crippen LogP contribution in [0.2, 0.25) is 5.02 Å². The summed E-state index contributed by atoms with van der Waals surface area (Å²) in [6, 6.07) is 11.8. The molecule has 0 N–H and O–H groups in total. The molecule has 0 saturated carbocycles. The lowest BCUT2D eigenvalue weighted by Crippen LogP contribution is -2.35. The van der Waals surface area contributed by atoms with Crippen LogP contribution in [0.4, 0.5) is 0 Å². The molecule has 1 fully saturated rings. The van der Waals surface area contributed by atoms with E-state index < -0.39 is 0 Å². The standard InChI is InChI=1S/C19H23ClN2O2/c20-17-6-4-16(5-7-17)15-21-10-2-11-22(13-12-21)19(23)9-8-18-3-1-14-24-18/h1,3-7,14H,2,8-13,15H2. The number of hydrogen-bond donors (Lipinski definition) is 0. The predicted molar refractivity (Wildman–Crippen MR) is 95.0 cm³/mol. The van der Waals surface area contributed by atoms with Gasteiger partial charge in [0.1, 0.15) is 5.76 Å². The van der Waals surface area contributed by atoms with Crippen molar-refractivity contribution in [3.8, 4) is 0 Å². The van der Waals surface area contributed by atoms with Gasteiger partial charge in [0.15, 0.2) is 0 Å². The Kier molecular flexibility index (Phi) is 5.94. The minimum Gasteiger partial charge on any atom is -0.469 e.